The fraction of sp³-hybridized carbons (Fsp3) is 0.364. The Balaban J connectivity index is 2.71. The molecule has 0 aliphatic carbocycles. The van der Waals surface area contributed by atoms with E-state index < -0.39 is 16.0 Å². The van der Waals surface area contributed by atoms with Gasteiger partial charge in [0.15, 0.2) is 0 Å². The number of aliphatic carboxylic acids is 1. The molecule has 0 aliphatic heterocycles. The lowest BCUT2D eigenvalue weighted by molar-refractivity contribution is -0.137. The number of carboxylic acids is 1. The number of nitrogens with two attached hydrogens (primary N) is 1. The molecule has 0 aromatic heterocycles. The standard InChI is InChI=1S/C11H16N2O4S/c1-8-9(12)4-2-5-10(8)13-18(16,17)7-3-6-11(14)15/h2,4-5,13H,3,6-7,12H2,1H3,(H,14,15). The lowest BCUT2D eigenvalue weighted by Crippen LogP contribution is -2.18. The van der Waals surface area contributed by atoms with E-state index in [0.29, 0.717) is 16.9 Å². The van der Waals surface area contributed by atoms with Gasteiger partial charge in [-0.2, -0.15) is 0 Å². The fourth-order valence-corrected chi connectivity index (χ4v) is 2.58. The molecule has 100 valence electrons. The minimum atomic E-state index is -3.54. The molecule has 0 saturated carbocycles. The normalized spacial score (nSPS) is 11.2. The maximum absolute atomic E-state index is 11.7. The molecule has 4 N–H and O–H groups in total. The Kier molecular flexibility index (Phi) is 4.55. The summed E-state index contributed by atoms with van der Waals surface area (Å²) >= 11 is 0. The van der Waals surface area contributed by atoms with E-state index in [1.54, 1.807) is 25.1 Å². The molecule has 18 heavy (non-hydrogen) atoms. The molecule has 0 bridgehead atoms. The van der Waals surface area contributed by atoms with Crippen LogP contribution >= 0.6 is 0 Å². The summed E-state index contributed by atoms with van der Waals surface area (Å²) in [5.41, 5.74) is 7.24. The second-order valence-electron chi connectivity index (χ2n) is 3.94. The van der Waals surface area contributed by atoms with Gasteiger partial charge in [-0.15, -0.1) is 0 Å². The van der Waals surface area contributed by atoms with Crippen LogP contribution in [0.1, 0.15) is 18.4 Å². The van der Waals surface area contributed by atoms with Crippen molar-refractivity contribution in [3.05, 3.63) is 23.8 Å². The number of carboxylic acid groups (broad SMARTS) is 1. The molecule has 0 spiro atoms. The number of hydrogen-bond donors (Lipinski definition) is 3. The highest BCUT2D eigenvalue weighted by Crippen LogP contribution is 2.21. The Morgan fingerprint density at radius 1 is 1.44 bits per heavy atom. The van der Waals surface area contributed by atoms with E-state index in [9.17, 15) is 13.2 Å². The van der Waals surface area contributed by atoms with Crippen molar-refractivity contribution in [1.29, 1.82) is 0 Å². The summed E-state index contributed by atoms with van der Waals surface area (Å²) in [6.45, 7) is 1.71. The van der Waals surface area contributed by atoms with Gasteiger partial charge in [-0.1, -0.05) is 6.07 Å². The average molecular weight is 272 g/mol. The average Bonchev–Trinajstić information content (AvgIpc) is 2.23. The van der Waals surface area contributed by atoms with Crippen molar-refractivity contribution < 1.29 is 18.3 Å². The summed E-state index contributed by atoms with van der Waals surface area (Å²) in [6, 6.07) is 4.94. The molecule has 0 aliphatic rings. The molecule has 0 atom stereocenters. The summed E-state index contributed by atoms with van der Waals surface area (Å²) < 4.78 is 25.8. The molecule has 0 heterocycles. The summed E-state index contributed by atoms with van der Waals surface area (Å²) in [5, 5.41) is 8.45. The first-order chi connectivity index (χ1) is 8.32. The van der Waals surface area contributed by atoms with Crippen LogP contribution in [0, 0.1) is 6.92 Å². The van der Waals surface area contributed by atoms with Gasteiger partial charge in [0.05, 0.1) is 11.4 Å². The number of hydrogen-bond acceptors (Lipinski definition) is 4. The minimum absolute atomic E-state index is 0.0754. The molecule has 1 rings (SSSR count). The van der Waals surface area contributed by atoms with Gasteiger partial charge in [0.2, 0.25) is 10.0 Å². The third-order valence-corrected chi connectivity index (χ3v) is 3.80. The summed E-state index contributed by atoms with van der Waals surface area (Å²) in [7, 11) is -3.54. The van der Waals surface area contributed by atoms with Gasteiger partial charge < -0.3 is 10.8 Å². The molecule has 0 saturated heterocycles. The number of rotatable bonds is 6. The SMILES string of the molecule is Cc1c(N)cccc1NS(=O)(=O)CCCC(=O)O. The Bertz CT molecular complexity index is 540. The molecule has 0 amide bonds. The fourth-order valence-electron chi connectivity index (χ4n) is 1.40. The van der Waals surface area contributed by atoms with E-state index >= 15 is 0 Å². The summed E-state index contributed by atoms with van der Waals surface area (Å²) in [4.78, 5) is 10.3. The molecule has 0 unspecified atom stereocenters. The third-order valence-electron chi connectivity index (χ3n) is 2.44. The first-order valence-corrected chi connectivity index (χ1v) is 7.04. The van der Waals surface area contributed by atoms with Crippen LogP contribution in [-0.2, 0) is 14.8 Å². The van der Waals surface area contributed by atoms with Crippen molar-refractivity contribution >= 4 is 27.4 Å². The highest BCUT2D eigenvalue weighted by atomic mass is 32.2. The number of carbonyl (C=O) groups is 1. The Morgan fingerprint density at radius 2 is 2.11 bits per heavy atom. The number of anilines is 2. The Hall–Kier alpha value is -1.76. The van der Waals surface area contributed by atoms with E-state index in [4.69, 9.17) is 10.8 Å². The lowest BCUT2D eigenvalue weighted by atomic mass is 10.2. The maximum Gasteiger partial charge on any atom is 0.303 e. The number of sulfonamides is 1. The first kappa shape index (κ1) is 14.3. The zero-order chi connectivity index (χ0) is 13.8. The van der Waals surface area contributed by atoms with Gasteiger partial charge in [-0.3, -0.25) is 9.52 Å². The molecule has 1 aromatic carbocycles. The van der Waals surface area contributed by atoms with Crippen molar-refractivity contribution in [2.75, 3.05) is 16.2 Å². The van der Waals surface area contributed by atoms with Crippen molar-refractivity contribution in [2.24, 2.45) is 0 Å². The van der Waals surface area contributed by atoms with Gasteiger partial charge >= 0.3 is 5.97 Å². The van der Waals surface area contributed by atoms with E-state index in [0.717, 1.165) is 0 Å². The largest absolute Gasteiger partial charge is 0.481 e. The van der Waals surface area contributed by atoms with Crippen LogP contribution in [0.5, 0.6) is 0 Å². The van der Waals surface area contributed by atoms with Crippen LogP contribution in [-0.4, -0.2) is 25.2 Å². The van der Waals surface area contributed by atoms with Gasteiger partial charge in [0.25, 0.3) is 0 Å². The first-order valence-electron chi connectivity index (χ1n) is 5.39. The van der Waals surface area contributed by atoms with Crippen molar-refractivity contribution in [1.82, 2.24) is 0 Å². The number of nitrogen functional groups attached to an aromatic ring is 1. The molecule has 7 heteroatoms. The Morgan fingerprint density at radius 3 is 2.72 bits per heavy atom. The summed E-state index contributed by atoms with van der Waals surface area (Å²) in [5.74, 6) is -1.24. The van der Waals surface area contributed by atoms with Crippen molar-refractivity contribution in [3.8, 4) is 0 Å². The van der Waals surface area contributed by atoms with Crippen LogP contribution < -0.4 is 10.5 Å². The van der Waals surface area contributed by atoms with Crippen molar-refractivity contribution in [3.63, 3.8) is 0 Å². The maximum atomic E-state index is 11.7. The van der Waals surface area contributed by atoms with Gasteiger partial charge in [-0.25, -0.2) is 8.42 Å². The second-order valence-corrected chi connectivity index (χ2v) is 5.78. The van der Waals surface area contributed by atoms with E-state index in [1.165, 1.54) is 0 Å². The van der Waals surface area contributed by atoms with Crippen LogP contribution in [0.25, 0.3) is 0 Å². The van der Waals surface area contributed by atoms with E-state index in [2.05, 4.69) is 4.72 Å². The zero-order valence-electron chi connectivity index (χ0n) is 10.0. The Labute approximate surface area is 106 Å². The monoisotopic (exact) mass is 272 g/mol. The molecular weight excluding hydrogens is 256 g/mol. The van der Waals surface area contributed by atoms with Gasteiger partial charge in [-0.05, 0) is 31.0 Å². The van der Waals surface area contributed by atoms with Gasteiger partial charge in [0.1, 0.15) is 0 Å². The number of nitrogens with one attached hydrogen (secondary N) is 1. The summed E-state index contributed by atoms with van der Waals surface area (Å²) in [6.07, 6.45) is -0.0944. The molecule has 6 nitrogen and oxygen atoms in total. The van der Waals surface area contributed by atoms with Crippen LogP contribution in [0.15, 0.2) is 18.2 Å². The van der Waals surface area contributed by atoms with Crippen LogP contribution in [0.2, 0.25) is 0 Å². The van der Waals surface area contributed by atoms with E-state index in [1.807, 2.05) is 0 Å². The molecular formula is C11H16N2O4S. The third kappa shape index (κ3) is 4.25. The van der Waals surface area contributed by atoms with Gasteiger partial charge in [0, 0.05) is 12.1 Å². The van der Waals surface area contributed by atoms with Crippen LogP contribution in [0.4, 0.5) is 11.4 Å². The molecule has 1 aromatic rings. The quantitative estimate of drug-likeness (QED) is 0.674. The molecule has 0 fully saturated rings. The van der Waals surface area contributed by atoms with Crippen molar-refractivity contribution in [2.45, 2.75) is 19.8 Å². The zero-order valence-corrected chi connectivity index (χ0v) is 10.8. The van der Waals surface area contributed by atoms with Crippen LogP contribution in [0.3, 0.4) is 0 Å². The highest BCUT2D eigenvalue weighted by Gasteiger charge is 2.13. The number of benzene rings is 1. The second kappa shape index (κ2) is 5.72. The predicted molar refractivity (Wildman–Crippen MR) is 69.9 cm³/mol. The molecule has 0 radical (unpaired) electrons. The topological polar surface area (TPSA) is 109 Å². The predicted octanol–water partition coefficient (Wildman–Crippen LogP) is 1.18. The lowest BCUT2D eigenvalue weighted by Gasteiger charge is -2.11. The smallest absolute Gasteiger partial charge is 0.303 e. The van der Waals surface area contributed by atoms with E-state index in [-0.39, 0.29) is 18.6 Å². The minimum Gasteiger partial charge on any atom is -0.481 e. The highest BCUT2D eigenvalue weighted by molar-refractivity contribution is 7.92.